The Bertz CT molecular complexity index is 520. The number of nitro groups is 1. The van der Waals surface area contributed by atoms with Gasteiger partial charge in [0.2, 0.25) is 5.95 Å². The van der Waals surface area contributed by atoms with Gasteiger partial charge < -0.3 is 0 Å². The lowest BCUT2D eigenvalue weighted by atomic mass is 10.2. The summed E-state index contributed by atoms with van der Waals surface area (Å²) in [6, 6.07) is 6.17. The van der Waals surface area contributed by atoms with Crippen LogP contribution in [0.2, 0.25) is 0 Å². The molecule has 0 fully saturated rings. The lowest BCUT2D eigenvalue weighted by Gasteiger charge is -1.92. The predicted octanol–water partition coefficient (Wildman–Crippen LogP) is 1.46. The average molecular weight is 217 g/mol. The van der Waals surface area contributed by atoms with Gasteiger partial charge in [-0.15, -0.1) is 0 Å². The molecule has 1 N–H and O–H groups in total. The van der Waals surface area contributed by atoms with Crippen molar-refractivity contribution in [3.8, 4) is 0 Å². The van der Waals surface area contributed by atoms with Gasteiger partial charge in [0.25, 0.3) is 5.69 Å². The molecule has 1 heterocycles. The van der Waals surface area contributed by atoms with Crippen molar-refractivity contribution in [3.63, 3.8) is 0 Å². The number of hydrogen-bond acceptors (Lipinski definition) is 5. The highest BCUT2D eigenvalue weighted by Crippen LogP contribution is 2.12. The highest BCUT2D eigenvalue weighted by molar-refractivity contribution is 5.82. The van der Waals surface area contributed by atoms with Gasteiger partial charge in [-0.25, -0.2) is 10.1 Å². The van der Waals surface area contributed by atoms with Gasteiger partial charge in [0.05, 0.1) is 4.92 Å². The van der Waals surface area contributed by atoms with Crippen LogP contribution in [0.5, 0.6) is 0 Å². The molecule has 0 aliphatic heterocycles. The van der Waals surface area contributed by atoms with Crippen LogP contribution in [0.1, 0.15) is 5.56 Å². The number of aliphatic imine (C=N–C) groups is 1. The average Bonchev–Trinajstić information content (AvgIpc) is 2.79. The Hall–Kier alpha value is -2.57. The van der Waals surface area contributed by atoms with E-state index in [9.17, 15) is 10.1 Å². The molecule has 7 nitrogen and oxygen atoms in total. The summed E-state index contributed by atoms with van der Waals surface area (Å²) < 4.78 is 0. The third kappa shape index (κ3) is 2.27. The normalized spacial score (nSPS) is 10.8. The fourth-order valence-electron chi connectivity index (χ4n) is 1.12. The highest BCUT2D eigenvalue weighted by Gasteiger charge is 2.03. The van der Waals surface area contributed by atoms with E-state index in [1.165, 1.54) is 24.7 Å². The van der Waals surface area contributed by atoms with Gasteiger partial charge in [-0.3, -0.25) is 10.1 Å². The van der Waals surface area contributed by atoms with E-state index in [1.54, 1.807) is 12.1 Å². The number of aromatic nitrogens is 3. The first-order valence-corrected chi connectivity index (χ1v) is 4.39. The second-order valence-corrected chi connectivity index (χ2v) is 2.92. The minimum atomic E-state index is -0.453. The minimum absolute atomic E-state index is 0.0292. The van der Waals surface area contributed by atoms with Gasteiger partial charge in [0.15, 0.2) is 0 Å². The Morgan fingerprint density at radius 3 is 3.06 bits per heavy atom. The van der Waals surface area contributed by atoms with Crippen LogP contribution in [0.25, 0.3) is 0 Å². The molecule has 0 atom stereocenters. The number of nitrogens with one attached hydrogen (secondary N) is 1. The first-order chi connectivity index (χ1) is 7.75. The number of aromatic amines is 1. The third-order valence-corrected chi connectivity index (χ3v) is 1.82. The number of nitrogens with zero attached hydrogens (tertiary/aromatic N) is 4. The van der Waals surface area contributed by atoms with Crippen molar-refractivity contribution in [2.45, 2.75) is 0 Å². The van der Waals surface area contributed by atoms with E-state index >= 15 is 0 Å². The first-order valence-electron chi connectivity index (χ1n) is 4.39. The van der Waals surface area contributed by atoms with Crippen molar-refractivity contribution in [1.82, 2.24) is 15.2 Å². The standard InChI is InChI=1S/C9H7N5O2/c15-14(16)8-3-1-2-7(4-8)5-10-9-11-6-12-13-9/h1-6H,(H,11,12,13). The zero-order valence-electron chi connectivity index (χ0n) is 8.07. The molecule has 0 radical (unpaired) electrons. The number of H-pyrrole nitrogens is 1. The Balaban J connectivity index is 2.22. The molecule has 0 amide bonds. The van der Waals surface area contributed by atoms with Gasteiger partial charge in [-0.2, -0.15) is 10.1 Å². The van der Waals surface area contributed by atoms with Gasteiger partial charge in [0, 0.05) is 18.3 Å². The molecule has 1 aromatic heterocycles. The number of benzene rings is 1. The SMILES string of the molecule is O=[N+]([O-])c1cccc(C=Nc2ncn[nH]2)c1. The van der Waals surface area contributed by atoms with E-state index in [0.717, 1.165) is 0 Å². The van der Waals surface area contributed by atoms with E-state index in [0.29, 0.717) is 11.5 Å². The van der Waals surface area contributed by atoms with Crippen LogP contribution in [-0.2, 0) is 0 Å². The van der Waals surface area contributed by atoms with E-state index in [2.05, 4.69) is 20.2 Å². The Morgan fingerprint density at radius 2 is 2.38 bits per heavy atom. The van der Waals surface area contributed by atoms with Crippen LogP contribution in [0.15, 0.2) is 35.6 Å². The van der Waals surface area contributed by atoms with E-state index in [1.807, 2.05) is 0 Å². The van der Waals surface area contributed by atoms with Crippen LogP contribution in [0.4, 0.5) is 11.6 Å². The van der Waals surface area contributed by atoms with Crippen molar-refractivity contribution < 1.29 is 4.92 Å². The van der Waals surface area contributed by atoms with Crippen molar-refractivity contribution in [3.05, 3.63) is 46.3 Å². The third-order valence-electron chi connectivity index (χ3n) is 1.82. The predicted molar refractivity (Wildman–Crippen MR) is 56.7 cm³/mol. The maximum absolute atomic E-state index is 10.5. The molecule has 0 unspecified atom stereocenters. The lowest BCUT2D eigenvalue weighted by molar-refractivity contribution is -0.384. The number of hydrogen-bond donors (Lipinski definition) is 1. The molecule has 0 aliphatic rings. The quantitative estimate of drug-likeness (QED) is 0.478. The molecule has 80 valence electrons. The van der Waals surface area contributed by atoms with Gasteiger partial charge in [-0.1, -0.05) is 12.1 Å². The number of non-ortho nitro benzene ring substituents is 1. The largest absolute Gasteiger partial charge is 0.270 e. The van der Waals surface area contributed by atoms with Gasteiger partial charge >= 0.3 is 0 Å². The maximum atomic E-state index is 10.5. The molecular formula is C9H7N5O2. The first kappa shape index (κ1) is 9.97. The molecular weight excluding hydrogens is 210 g/mol. The van der Waals surface area contributed by atoms with Crippen LogP contribution in [0.3, 0.4) is 0 Å². The van der Waals surface area contributed by atoms with Gasteiger partial charge in [0.1, 0.15) is 6.33 Å². The Labute approximate surface area is 90.0 Å². The summed E-state index contributed by atoms with van der Waals surface area (Å²) in [5, 5.41) is 16.7. The van der Waals surface area contributed by atoms with E-state index in [-0.39, 0.29) is 5.69 Å². The van der Waals surface area contributed by atoms with Crippen molar-refractivity contribution in [2.75, 3.05) is 0 Å². The zero-order chi connectivity index (χ0) is 11.4. The summed E-state index contributed by atoms with van der Waals surface area (Å²) in [5.41, 5.74) is 0.659. The molecule has 0 bridgehead atoms. The molecule has 0 aliphatic carbocycles. The van der Waals surface area contributed by atoms with Crippen LogP contribution >= 0.6 is 0 Å². The fourth-order valence-corrected chi connectivity index (χ4v) is 1.12. The summed E-state index contributed by atoms with van der Waals surface area (Å²) in [6.45, 7) is 0. The van der Waals surface area contributed by atoms with Crippen molar-refractivity contribution in [1.29, 1.82) is 0 Å². The summed E-state index contributed by atoms with van der Waals surface area (Å²) in [4.78, 5) is 17.8. The number of nitro benzene ring substituents is 1. The van der Waals surface area contributed by atoms with Crippen LogP contribution < -0.4 is 0 Å². The highest BCUT2D eigenvalue weighted by atomic mass is 16.6. The van der Waals surface area contributed by atoms with Gasteiger partial charge in [-0.05, 0) is 5.56 Å². The molecule has 0 saturated carbocycles. The van der Waals surface area contributed by atoms with Crippen LogP contribution in [0, 0.1) is 10.1 Å². The topological polar surface area (TPSA) is 97.1 Å². The molecule has 0 saturated heterocycles. The maximum Gasteiger partial charge on any atom is 0.270 e. The molecule has 0 spiro atoms. The van der Waals surface area contributed by atoms with E-state index in [4.69, 9.17) is 0 Å². The zero-order valence-corrected chi connectivity index (χ0v) is 8.07. The van der Waals surface area contributed by atoms with Crippen LogP contribution in [-0.4, -0.2) is 26.3 Å². The summed E-state index contributed by atoms with van der Waals surface area (Å²) in [6.07, 6.45) is 2.81. The Morgan fingerprint density at radius 1 is 1.50 bits per heavy atom. The second kappa shape index (κ2) is 4.30. The van der Waals surface area contributed by atoms with E-state index < -0.39 is 4.92 Å². The molecule has 1 aromatic carbocycles. The molecule has 7 heteroatoms. The molecule has 2 aromatic rings. The smallest absolute Gasteiger partial charge is 0.258 e. The minimum Gasteiger partial charge on any atom is -0.258 e. The lowest BCUT2D eigenvalue weighted by Crippen LogP contribution is -1.89. The van der Waals surface area contributed by atoms with Crippen molar-refractivity contribution in [2.24, 2.45) is 4.99 Å². The molecule has 2 rings (SSSR count). The summed E-state index contributed by atoms with van der Waals surface area (Å²) in [7, 11) is 0. The molecule has 16 heavy (non-hydrogen) atoms. The Kier molecular flexibility index (Phi) is 2.68. The number of rotatable bonds is 3. The second-order valence-electron chi connectivity index (χ2n) is 2.92. The summed E-state index contributed by atoms with van der Waals surface area (Å²) in [5.74, 6) is 0.353. The fraction of sp³-hybridized carbons (Fsp3) is 0. The van der Waals surface area contributed by atoms with Crippen molar-refractivity contribution >= 4 is 17.9 Å². The monoisotopic (exact) mass is 217 g/mol. The summed E-state index contributed by atoms with van der Waals surface area (Å²) >= 11 is 0.